The summed E-state index contributed by atoms with van der Waals surface area (Å²) in [7, 11) is 0. The molecule has 1 saturated carbocycles. The van der Waals surface area contributed by atoms with Gasteiger partial charge in [-0.25, -0.2) is 5.43 Å². The number of amides is 1. The van der Waals surface area contributed by atoms with Crippen LogP contribution in [-0.2, 0) is 4.79 Å². The van der Waals surface area contributed by atoms with Crippen LogP contribution in [0.2, 0.25) is 0 Å². The summed E-state index contributed by atoms with van der Waals surface area (Å²) in [5, 5.41) is 5.91. The quantitative estimate of drug-likeness (QED) is 0.666. The molecule has 1 heterocycles. The van der Waals surface area contributed by atoms with E-state index in [9.17, 15) is 4.79 Å². The number of hydrogen-bond donors (Lipinski definition) is 1. The lowest BCUT2D eigenvalue weighted by Gasteiger charge is -2.00. The van der Waals surface area contributed by atoms with Gasteiger partial charge in [0.1, 0.15) is 4.49 Å². The molecule has 1 N–H and O–H groups in total. The topological polar surface area (TPSA) is 41.5 Å². The highest BCUT2D eigenvalue weighted by molar-refractivity contribution is 7.11. The van der Waals surface area contributed by atoms with Crippen LogP contribution < -0.4 is 5.43 Å². The fraction of sp³-hybridized carbons (Fsp3) is 0.385. The molecule has 2 rings (SSSR count). The predicted molar refractivity (Wildman–Crippen MR) is 80.6 cm³/mol. The molecule has 2 atom stereocenters. The minimum atomic E-state index is -0.138. The molecule has 0 saturated heterocycles. The second-order valence-electron chi connectivity index (χ2n) is 5.03. The van der Waals surface area contributed by atoms with E-state index < -0.39 is 0 Å². The summed E-state index contributed by atoms with van der Waals surface area (Å²) < 4.78 is 0.204. The summed E-state index contributed by atoms with van der Waals surface area (Å²) >= 11 is 12.9. The molecule has 0 aromatic carbocycles. The molecule has 1 aliphatic rings. The van der Waals surface area contributed by atoms with E-state index in [0.29, 0.717) is 0 Å². The number of hydrazone groups is 1. The van der Waals surface area contributed by atoms with E-state index in [1.807, 2.05) is 31.4 Å². The fourth-order valence-electron chi connectivity index (χ4n) is 2.22. The average Bonchev–Trinajstić information content (AvgIpc) is 2.69. The van der Waals surface area contributed by atoms with Gasteiger partial charge in [0, 0.05) is 4.88 Å². The van der Waals surface area contributed by atoms with Crippen LogP contribution in [0, 0.1) is 17.3 Å². The maximum absolute atomic E-state index is 12.0. The maximum atomic E-state index is 12.0. The van der Waals surface area contributed by atoms with Crippen LogP contribution in [0.1, 0.15) is 18.7 Å². The molecule has 0 spiro atoms. The first kappa shape index (κ1) is 14.6. The number of nitrogens with one attached hydrogen (secondary N) is 1. The van der Waals surface area contributed by atoms with E-state index >= 15 is 0 Å². The Labute approximate surface area is 126 Å². The molecule has 1 fully saturated rings. The molecule has 0 aliphatic heterocycles. The molecule has 102 valence electrons. The van der Waals surface area contributed by atoms with E-state index in [1.165, 1.54) is 0 Å². The molecule has 6 heteroatoms. The van der Waals surface area contributed by atoms with Gasteiger partial charge in [0.2, 0.25) is 5.91 Å². The van der Waals surface area contributed by atoms with Gasteiger partial charge in [-0.3, -0.25) is 4.79 Å². The molecular weight excluding hydrogens is 303 g/mol. The number of carbonyl (C=O) groups excluding carboxylic acids is 1. The summed E-state index contributed by atoms with van der Waals surface area (Å²) in [6.45, 7) is 4.02. The molecule has 1 aromatic heterocycles. The number of hydrogen-bond acceptors (Lipinski definition) is 3. The highest BCUT2D eigenvalue weighted by atomic mass is 35.5. The summed E-state index contributed by atoms with van der Waals surface area (Å²) in [6, 6.07) is 3.86. The third-order valence-electron chi connectivity index (χ3n) is 3.41. The summed E-state index contributed by atoms with van der Waals surface area (Å²) in [5.41, 5.74) is 2.44. The Morgan fingerprint density at radius 1 is 1.53 bits per heavy atom. The normalized spacial score (nSPS) is 24.2. The van der Waals surface area contributed by atoms with Crippen LogP contribution in [0.25, 0.3) is 0 Å². The average molecular weight is 317 g/mol. The van der Waals surface area contributed by atoms with Crippen LogP contribution in [0.3, 0.4) is 0 Å². The molecule has 3 nitrogen and oxygen atoms in total. The van der Waals surface area contributed by atoms with Crippen molar-refractivity contribution in [3.05, 3.63) is 33.0 Å². The van der Waals surface area contributed by atoms with Crippen molar-refractivity contribution in [1.29, 1.82) is 0 Å². The molecular formula is C13H14Cl2N2OS. The van der Waals surface area contributed by atoms with Gasteiger partial charge in [-0.1, -0.05) is 43.1 Å². The Morgan fingerprint density at radius 3 is 2.84 bits per heavy atom. The second-order valence-corrected chi connectivity index (χ2v) is 7.02. The van der Waals surface area contributed by atoms with Crippen LogP contribution in [0.5, 0.6) is 0 Å². The van der Waals surface area contributed by atoms with Gasteiger partial charge in [0.15, 0.2) is 0 Å². The Morgan fingerprint density at radius 2 is 2.26 bits per heavy atom. The number of thiophene rings is 1. The smallest absolute Gasteiger partial charge is 0.244 e. The highest BCUT2D eigenvalue weighted by Crippen LogP contribution is 2.59. The first-order chi connectivity index (χ1) is 8.93. The van der Waals surface area contributed by atoms with Crippen LogP contribution in [0.4, 0.5) is 0 Å². The number of nitrogens with zero attached hydrogens (tertiary/aromatic N) is 1. The van der Waals surface area contributed by atoms with E-state index in [0.717, 1.165) is 4.88 Å². The largest absolute Gasteiger partial charge is 0.273 e. The highest BCUT2D eigenvalue weighted by Gasteiger charge is 2.60. The van der Waals surface area contributed by atoms with E-state index in [-0.39, 0.29) is 27.6 Å². The van der Waals surface area contributed by atoms with E-state index in [4.69, 9.17) is 23.2 Å². The Balaban J connectivity index is 1.93. The first-order valence-electron chi connectivity index (χ1n) is 5.82. The summed E-state index contributed by atoms with van der Waals surface area (Å²) in [5.74, 6) is -0.177. The minimum absolute atomic E-state index is 0.0643. The lowest BCUT2D eigenvalue weighted by Crippen LogP contribution is -2.21. The van der Waals surface area contributed by atoms with Gasteiger partial charge in [0.05, 0.1) is 12.1 Å². The van der Waals surface area contributed by atoms with Gasteiger partial charge >= 0.3 is 0 Å². The van der Waals surface area contributed by atoms with E-state index in [1.54, 1.807) is 23.6 Å². The molecule has 1 aliphatic carbocycles. The van der Waals surface area contributed by atoms with Crippen LogP contribution in [-0.4, -0.2) is 12.1 Å². The molecule has 1 amide bonds. The van der Waals surface area contributed by atoms with Gasteiger partial charge in [-0.2, -0.15) is 5.10 Å². The number of rotatable bonds is 4. The van der Waals surface area contributed by atoms with Crippen molar-refractivity contribution in [3.8, 4) is 0 Å². The fourth-order valence-corrected chi connectivity index (χ4v) is 3.08. The molecule has 19 heavy (non-hydrogen) atoms. The SMILES string of the molecule is CC1(C)[C@@H](C=C(Cl)Cl)[C@@H]1C(=O)N/N=C\c1cccs1. The van der Waals surface area contributed by atoms with Crippen molar-refractivity contribution in [2.24, 2.45) is 22.4 Å². The van der Waals surface area contributed by atoms with Crippen molar-refractivity contribution in [3.63, 3.8) is 0 Å². The van der Waals surface area contributed by atoms with Crippen molar-refractivity contribution in [2.75, 3.05) is 0 Å². The Kier molecular flexibility index (Phi) is 4.33. The van der Waals surface area contributed by atoms with Crippen LogP contribution in [0.15, 0.2) is 33.2 Å². The molecule has 1 aromatic rings. The van der Waals surface area contributed by atoms with Gasteiger partial charge in [-0.15, -0.1) is 11.3 Å². The van der Waals surface area contributed by atoms with E-state index in [2.05, 4.69) is 10.5 Å². The van der Waals surface area contributed by atoms with Crippen molar-refractivity contribution in [1.82, 2.24) is 5.43 Å². The number of allylic oxidation sites excluding steroid dienone is 1. The third-order valence-corrected chi connectivity index (χ3v) is 4.47. The van der Waals surface area contributed by atoms with Crippen molar-refractivity contribution in [2.45, 2.75) is 13.8 Å². The minimum Gasteiger partial charge on any atom is -0.273 e. The lowest BCUT2D eigenvalue weighted by atomic mass is 10.1. The number of halogens is 2. The third kappa shape index (κ3) is 3.38. The predicted octanol–water partition coefficient (Wildman–Crippen LogP) is 3.79. The maximum Gasteiger partial charge on any atom is 0.244 e. The lowest BCUT2D eigenvalue weighted by molar-refractivity contribution is -0.123. The molecule has 0 bridgehead atoms. The first-order valence-corrected chi connectivity index (χ1v) is 7.45. The summed E-state index contributed by atoms with van der Waals surface area (Å²) in [6.07, 6.45) is 3.35. The van der Waals surface area contributed by atoms with Crippen molar-refractivity contribution < 1.29 is 4.79 Å². The van der Waals surface area contributed by atoms with Gasteiger partial charge in [-0.05, 0) is 28.9 Å². The van der Waals surface area contributed by atoms with Crippen molar-refractivity contribution >= 4 is 46.7 Å². The zero-order valence-corrected chi connectivity index (χ0v) is 12.9. The molecule has 0 radical (unpaired) electrons. The van der Waals surface area contributed by atoms with Crippen LogP contribution >= 0.6 is 34.5 Å². The molecule has 0 unspecified atom stereocenters. The Bertz CT molecular complexity index is 519. The monoisotopic (exact) mass is 316 g/mol. The summed E-state index contributed by atoms with van der Waals surface area (Å²) in [4.78, 5) is 13.0. The zero-order chi connectivity index (χ0) is 14.0. The second kappa shape index (κ2) is 5.65. The number of carbonyl (C=O) groups is 1. The Hall–Kier alpha value is -0.840. The standard InChI is InChI=1S/C13H14Cl2N2OS/c1-13(2)9(6-10(14)15)11(13)12(18)17-16-7-8-4-3-5-19-8/h3-7,9,11H,1-2H3,(H,17,18)/b16-7-/t9-,11+/m0/s1. The zero-order valence-electron chi connectivity index (χ0n) is 10.6. The van der Waals surface area contributed by atoms with Gasteiger partial charge < -0.3 is 0 Å². The van der Waals surface area contributed by atoms with Gasteiger partial charge in [0.25, 0.3) is 0 Å².